The summed E-state index contributed by atoms with van der Waals surface area (Å²) >= 11 is 1.94. The average Bonchev–Trinajstić information content (AvgIpc) is 2.42. The fourth-order valence-corrected chi connectivity index (χ4v) is 2.13. The lowest BCUT2D eigenvalue weighted by Gasteiger charge is -2.14. The molecule has 0 aliphatic carbocycles. The molecule has 0 saturated carbocycles. The predicted octanol–water partition coefficient (Wildman–Crippen LogP) is 2.54. The second-order valence-electron chi connectivity index (χ2n) is 4.65. The lowest BCUT2D eigenvalue weighted by Crippen LogP contribution is -2.19. The second-order valence-corrected chi connectivity index (χ2v) is 5.41. The van der Waals surface area contributed by atoms with Crippen LogP contribution >= 0.6 is 22.6 Å². The minimum absolute atomic E-state index is 0.217. The highest BCUT2D eigenvalue weighted by Gasteiger charge is 2.14. The van der Waals surface area contributed by atoms with Crippen molar-refractivity contribution >= 4 is 50.8 Å². The Morgan fingerprint density at radius 2 is 2.10 bits per heavy atom. The summed E-state index contributed by atoms with van der Waals surface area (Å²) < 4.78 is 5.60. The molecule has 0 aliphatic heterocycles. The number of amides is 1. The molecule has 0 radical (unpaired) electrons. The van der Waals surface area contributed by atoms with Crippen molar-refractivity contribution in [3.8, 4) is 0 Å². The molecule has 1 N–H and O–H groups in total. The molecule has 1 aromatic carbocycles. The van der Waals surface area contributed by atoms with Crippen molar-refractivity contribution in [3.05, 3.63) is 34.2 Å². The fourth-order valence-electron chi connectivity index (χ4n) is 1.94. The van der Waals surface area contributed by atoms with Crippen LogP contribution in [-0.4, -0.2) is 24.4 Å². The largest absolute Gasteiger partial charge is 0.421 e. The number of benzene rings is 1. The number of nitrogens with one attached hydrogen (secondary N) is 1. The molecule has 20 heavy (non-hydrogen) atoms. The Kier molecular flexibility index (Phi) is 4.32. The van der Waals surface area contributed by atoms with Gasteiger partial charge < -0.3 is 14.6 Å². The molecule has 106 valence electrons. The number of anilines is 2. The Labute approximate surface area is 130 Å². The molecule has 2 aromatic rings. The zero-order valence-electron chi connectivity index (χ0n) is 11.5. The van der Waals surface area contributed by atoms with E-state index in [1.54, 1.807) is 6.92 Å². The van der Waals surface area contributed by atoms with Gasteiger partial charge >= 0.3 is 5.63 Å². The summed E-state index contributed by atoms with van der Waals surface area (Å²) in [6.45, 7) is 1.80. The summed E-state index contributed by atoms with van der Waals surface area (Å²) in [6, 6.07) is 5.65. The molecular formula is C14H15IN2O3. The highest BCUT2D eigenvalue weighted by molar-refractivity contribution is 14.1. The van der Waals surface area contributed by atoms with E-state index in [0.29, 0.717) is 5.58 Å². The molecule has 0 atom stereocenters. The molecule has 0 bridgehead atoms. The maximum Gasteiger partial charge on any atom is 0.360 e. The molecule has 0 aliphatic rings. The van der Waals surface area contributed by atoms with E-state index in [1.165, 1.54) is 0 Å². The monoisotopic (exact) mass is 386 g/mol. The van der Waals surface area contributed by atoms with Gasteiger partial charge in [-0.15, -0.1) is 0 Å². The minimum Gasteiger partial charge on any atom is -0.421 e. The van der Waals surface area contributed by atoms with E-state index in [2.05, 4.69) is 5.32 Å². The van der Waals surface area contributed by atoms with Crippen LogP contribution in [0.4, 0.5) is 11.4 Å². The van der Waals surface area contributed by atoms with Gasteiger partial charge in [-0.2, -0.15) is 0 Å². The van der Waals surface area contributed by atoms with Crippen molar-refractivity contribution in [2.75, 3.05) is 28.7 Å². The maximum absolute atomic E-state index is 12.0. The van der Waals surface area contributed by atoms with Crippen LogP contribution in [0.5, 0.6) is 0 Å². The Balaban J connectivity index is 2.62. The van der Waals surface area contributed by atoms with Gasteiger partial charge in [-0.05, 0) is 24.6 Å². The third kappa shape index (κ3) is 2.79. The molecule has 1 heterocycles. The van der Waals surface area contributed by atoms with Gasteiger partial charge in [0.15, 0.2) is 0 Å². The van der Waals surface area contributed by atoms with Crippen LogP contribution in [0.3, 0.4) is 0 Å². The van der Waals surface area contributed by atoms with Gasteiger partial charge in [0.05, 0.1) is 4.43 Å². The topological polar surface area (TPSA) is 62.6 Å². The van der Waals surface area contributed by atoms with Gasteiger partial charge in [-0.1, -0.05) is 22.6 Å². The Bertz CT molecular complexity index is 722. The second kappa shape index (κ2) is 5.82. The summed E-state index contributed by atoms with van der Waals surface area (Å²) in [4.78, 5) is 25.4. The van der Waals surface area contributed by atoms with Crippen molar-refractivity contribution < 1.29 is 9.21 Å². The normalized spacial score (nSPS) is 10.6. The van der Waals surface area contributed by atoms with Gasteiger partial charge in [-0.25, -0.2) is 4.79 Å². The Hall–Kier alpha value is -1.57. The maximum atomic E-state index is 12.0. The summed E-state index contributed by atoms with van der Waals surface area (Å²) in [5.41, 5.74) is 1.89. The number of carbonyl (C=O) groups is 1. The first-order chi connectivity index (χ1) is 9.43. The zero-order chi connectivity index (χ0) is 14.9. The molecule has 0 fully saturated rings. The van der Waals surface area contributed by atoms with Gasteiger partial charge in [0.2, 0.25) is 5.91 Å². The summed E-state index contributed by atoms with van der Waals surface area (Å²) in [7, 11) is 3.84. The molecule has 1 amide bonds. The number of halogens is 1. The van der Waals surface area contributed by atoms with Crippen molar-refractivity contribution in [1.29, 1.82) is 0 Å². The standard InChI is InChI=1S/C14H15IN2O3/c1-8-10-5-4-9(17(2)3)6-11(10)20-14(19)13(8)16-12(18)7-15/h4-6H,7H2,1-3H3,(H,16,18). The van der Waals surface area contributed by atoms with Crippen LogP contribution in [0.1, 0.15) is 5.56 Å². The number of nitrogens with zero attached hydrogens (tertiary/aromatic N) is 1. The van der Waals surface area contributed by atoms with Crippen LogP contribution in [0, 0.1) is 6.92 Å². The first kappa shape index (κ1) is 14.8. The molecule has 6 heteroatoms. The van der Waals surface area contributed by atoms with E-state index in [1.807, 2.05) is 59.8 Å². The van der Waals surface area contributed by atoms with Gasteiger partial charge in [0.25, 0.3) is 0 Å². The highest BCUT2D eigenvalue weighted by atomic mass is 127. The smallest absolute Gasteiger partial charge is 0.360 e. The highest BCUT2D eigenvalue weighted by Crippen LogP contribution is 2.26. The van der Waals surface area contributed by atoms with Crippen LogP contribution in [-0.2, 0) is 4.79 Å². The minimum atomic E-state index is -0.524. The predicted molar refractivity (Wildman–Crippen MR) is 89.1 cm³/mol. The van der Waals surface area contributed by atoms with Crippen LogP contribution in [0.15, 0.2) is 27.4 Å². The van der Waals surface area contributed by atoms with Gasteiger partial charge in [0, 0.05) is 31.2 Å². The average molecular weight is 386 g/mol. The van der Waals surface area contributed by atoms with E-state index >= 15 is 0 Å². The van der Waals surface area contributed by atoms with Crippen LogP contribution < -0.4 is 15.8 Å². The number of carbonyl (C=O) groups excluding carboxylic acids is 1. The number of hydrogen-bond donors (Lipinski definition) is 1. The number of alkyl halides is 1. The quantitative estimate of drug-likeness (QED) is 0.501. The van der Waals surface area contributed by atoms with Crippen LogP contribution in [0.2, 0.25) is 0 Å². The lowest BCUT2D eigenvalue weighted by molar-refractivity contribution is -0.113. The molecule has 0 unspecified atom stereocenters. The van der Waals surface area contributed by atoms with E-state index in [4.69, 9.17) is 4.42 Å². The number of hydrogen-bond acceptors (Lipinski definition) is 4. The number of rotatable bonds is 3. The van der Waals surface area contributed by atoms with Crippen molar-refractivity contribution in [2.45, 2.75) is 6.92 Å². The Morgan fingerprint density at radius 3 is 2.70 bits per heavy atom. The zero-order valence-corrected chi connectivity index (χ0v) is 13.6. The molecule has 5 nitrogen and oxygen atoms in total. The van der Waals surface area contributed by atoms with Gasteiger partial charge in [0.1, 0.15) is 11.3 Å². The SMILES string of the molecule is Cc1c(NC(=O)CI)c(=O)oc2cc(N(C)C)ccc12. The molecule has 0 saturated heterocycles. The van der Waals surface area contributed by atoms with Gasteiger partial charge in [-0.3, -0.25) is 4.79 Å². The Morgan fingerprint density at radius 1 is 1.40 bits per heavy atom. The van der Waals surface area contributed by atoms with Crippen molar-refractivity contribution in [1.82, 2.24) is 0 Å². The third-order valence-corrected chi connectivity index (χ3v) is 3.75. The molecule has 1 aromatic heterocycles. The van der Waals surface area contributed by atoms with E-state index in [0.717, 1.165) is 16.6 Å². The molecule has 0 spiro atoms. The fraction of sp³-hybridized carbons (Fsp3) is 0.286. The summed E-state index contributed by atoms with van der Waals surface area (Å²) in [5.74, 6) is -0.217. The first-order valence-corrected chi connectivity index (χ1v) is 7.57. The van der Waals surface area contributed by atoms with E-state index in [-0.39, 0.29) is 16.0 Å². The number of aryl methyl sites for hydroxylation is 1. The summed E-state index contributed by atoms with van der Waals surface area (Å²) in [6.07, 6.45) is 0. The van der Waals surface area contributed by atoms with Crippen molar-refractivity contribution in [3.63, 3.8) is 0 Å². The molecular weight excluding hydrogens is 371 g/mol. The number of fused-ring (bicyclic) bond motifs is 1. The lowest BCUT2D eigenvalue weighted by atomic mass is 10.1. The van der Waals surface area contributed by atoms with Crippen molar-refractivity contribution in [2.24, 2.45) is 0 Å². The van der Waals surface area contributed by atoms with E-state index < -0.39 is 5.63 Å². The molecule has 2 rings (SSSR count). The first-order valence-electron chi connectivity index (χ1n) is 6.04. The summed E-state index contributed by atoms with van der Waals surface area (Å²) in [5, 5.41) is 3.41. The third-order valence-electron chi connectivity index (χ3n) is 3.05. The van der Waals surface area contributed by atoms with E-state index in [9.17, 15) is 9.59 Å². The van der Waals surface area contributed by atoms with Crippen LogP contribution in [0.25, 0.3) is 11.0 Å².